The van der Waals surface area contributed by atoms with Crippen LogP contribution >= 0.6 is 0 Å². The monoisotopic (exact) mass is 612 g/mol. The molecule has 0 saturated carbocycles. The van der Waals surface area contributed by atoms with E-state index in [1.54, 1.807) is 48.8 Å². The van der Waals surface area contributed by atoms with E-state index in [-0.39, 0.29) is 54.0 Å². The third kappa shape index (κ3) is 6.25. The van der Waals surface area contributed by atoms with E-state index in [1.165, 1.54) is 0 Å². The number of aromatic amines is 1. The van der Waals surface area contributed by atoms with Crippen LogP contribution in [0.5, 0.6) is 0 Å². The number of H-pyrrole nitrogens is 1. The number of benzene rings is 3. The van der Waals surface area contributed by atoms with Crippen LogP contribution in [-0.2, 0) is 9.59 Å². The third-order valence-electron chi connectivity index (χ3n) is 8.29. The second kappa shape index (κ2) is 12.4. The molecule has 0 aliphatic carbocycles. The van der Waals surface area contributed by atoms with E-state index in [9.17, 15) is 14.0 Å². The highest BCUT2D eigenvalue weighted by atomic mass is 19.1. The molecule has 2 aromatic heterocycles. The molecule has 10 nitrogen and oxygen atoms in total. The van der Waals surface area contributed by atoms with Crippen molar-refractivity contribution in [3.05, 3.63) is 90.9 Å². The SMILES string of the molecule is [3H]c1cc(N2CCN(C(=O)CN3CC[C@@H](C(=O)Nc4ccc5[nH]nc(-c6c([3H])cc(F)cc6[3H])c5c4)C3)CC2)cc([3H])c1-c1ncccn1. The normalized spacial score (nSPS) is 18.4. The predicted octanol–water partition coefficient (Wildman–Crippen LogP) is 4.44. The maximum absolute atomic E-state index is 13.7. The Balaban J connectivity index is 0.929. The maximum atomic E-state index is 13.7. The molecule has 0 radical (unpaired) electrons. The Hall–Kier alpha value is -5.16. The van der Waals surface area contributed by atoms with Crippen LogP contribution in [0.4, 0.5) is 15.8 Å². The number of rotatable bonds is 7. The molecule has 3 aromatic carbocycles. The van der Waals surface area contributed by atoms with Gasteiger partial charge in [-0.05, 0) is 85.7 Å². The highest BCUT2D eigenvalue weighted by Gasteiger charge is 2.31. The van der Waals surface area contributed by atoms with Crippen molar-refractivity contribution in [2.24, 2.45) is 5.92 Å². The summed E-state index contributed by atoms with van der Waals surface area (Å²) in [5.74, 6) is -0.776. The summed E-state index contributed by atoms with van der Waals surface area (Å²) in [5, 5.41) is 10.7. The Morgan fingerprint density at radius 2 is 1.69 bits per heavy atom. The van der Waals surface area contributed by atoms with Gasteiger partial charge in [-0.1, -0.05) is 0 Å². The van der Waals surface area contributed by atoms with Crippen LogP contribution in [0.15, 0.2) is 85.1 Å². The predicted molar refractivity (Wildman–Crippen MR) is 171 cm³/mol. The topological polar surface area (TPSA) is 110 Å². The minimum Gasteiger partial charge on any atom is -0.368 e. The average Bonchev–Trinajstić information content (AvgIpc) is 3.72. The number of likely N-dealkylation sites (tertiary alicyclic amines) is 1. The molecule has 45 heavy (non-hydrogen) atoms. The lowest BCUT2D eigenvalue weighted by molar-refractivity contribution is -0.132. The van der Waals surface area contributed by atoms with Crippen molar-refractivity contribution < 1.29 is 19.5 Å². The van der Waals surface area contributed by atoms with Gasteiger partial charge in [0.15, 0.2) is 5.82 Å². The molecule has 4 heterocycles. The number of carbonyl (C=O) groups is 2. The lowest BCUT2D eigenvalue weighted by Gasteiger charge is -2.36. The first-order chi connectivity index (χ1) is 23.6. The number of anilines is 2. The lowest BCUT2D eigenvalue weighted by atomic mass is 10.1. The number of piperazine rings is 1. The van der Waals surface area contributed by atoms with E-state index in [1.807, 2.05) is 9.80 Å². The van der Waals surface area contributed by atoms with E-state index < -0.39 is 5.82 Å². The van der Waals surface area contributed by atoms with Gasteiger partial charge in [-0.25, -0.2) is 14.4 Å². The summed E-state index contributed by atoms with van der Waals surface area (Å²) >= 11 is 0. The summed E-state index contributed by atoms with van der Waals surface area (Å²) in [6.07, 6.45) is 3.79. The molecule has 1 atom stereocenters. The van der Waals surface area contributed by atoms with Crippen LogP contribution in [0, 0.1) is 11.7 Å². The van der Waals surface area contributed by atoms with Gasteiger partial charge < -0.3 is 15.1 Å². The number of carbonyl (C=O) groups excluding carboxylic acids is 2. The minimum absolute atomic E-state index is 0.000834. The molecule has 5 aromatic rings. The molecule has 2 aliphatic rings. The molecular weight excluding hydrogens is 571 g/mol. The summed E-state index contributed by atoms with van der Waals surface area (Å²) in [6, 6.07) is 12.5. The van der Waals surface area contributed by atoms with E-state index in [0.717, 1.165) is 17.8 Å². The molecule has 2 N–H and O–H groups in total. The van der Waals surface area contributed by atoms with Crippen LogP contribution in [-0.4, -0.2) is 87.6 Å². The number of fused-ring (bicyclic) bond motifs is 1. The molecule has 2 fully saturated rings. The fraction of sp³-hybridized carbons (Fsp3) is 0.265. The Kier molecular flexibility index (Phi) is 6.69. The molecule has 11 heteroatoms. The summed E-state index contributed by atoms with van der Waals surface area (Å²) in [6.45, 7) is 3.47. The number of nitrogens with one attached hydrogen (secondary N) is 2. The van der Waals surface area contributed by atoms with E-state index in [0.29, 0.717) is 79.4 Å². The van der Waals surface area contributed by atoms with Crippen LogP contribution in [0.3, 0.4) is 0 Å². The number of hydrogen-bond acceptors (Lipinski definition) is 7. The molecule has 7 rings (SSSR count). The van der Waals surface area contributed by atoms with Gasteiger partial charge in [-0.15, -0.1) is 0 Å². The standard InChI is InChI=1S/C34H33FN8O2/c35-26-6-2-23(3-7-26)32-29-20-27(8-11-30(29)39-40-32)38-34(45)25-12-15-41(21-25)22-31(44)43-18-16-42(17-19-43)28-9-4-24(5-10-28)33-36-13-1-14-37-33/h1-11,13-14,20,25H,12,15-19,21-22H2,(H,38,45)(H,39,40)/t25-/m1/s1/i2T,3T,4T,5T. The average molecular weight is 613 g/mol. The van der Waals surface area contributed by atoms with Crippen LogP contribution in [0.2, 0.25) is 0 Å². The molecule has 2 aliphatic heterocycles. The second-order valence-corrected chi connectivity index (χ2v) is 11.2. The number of amides is 2. The maximum Gasteiger partial charge on any atom is 0.236 e. The zero-order chi connectivity index (χ0) is 34.2. The van der Waals surface area contributed by atoms with Crippen molar-refractivity contribution in [1.82, 2.24) is 30.0 Å². The Morgan fingerprint density at radius 3 is 2.44 bits per heavy atom. The van der Waals surface area contributed by atoms with E-state index in [4.69, 9.17) is 5.48 Å². The van der Waals surface area contributed by atoms with Crippen LogP contribution in [0.1, 0.15) is 11.9 Å². The first-order valence-corrected chi connectivity index (χ1v) is 14.8. The minimum atomic E-state index is -0.660. The third-order valence-corrected chi connectivity index (χ3v) is 8.29. The van der Waals surface area contributed by atoms with Crippen molar-refractivity contribution >= 4 is 34.1 Å². The Labute approximate surface area is 265 Å². The highest BCUT2D eigenvalue weighted by Crippen LogP contribution is 2.29. The van der Waals surface area contributed by atoms with Gasteiger partial charge in [0.25, 0.3) is 0 Å². The van der Waals surface area contributed by atoms with Gasteiger partial charge in [0.1, 0.15) is 5.82 Å². The molecule has 0 spiro atoms. The zero-order valence-corrected chi connectivity index (χ0v) is 24.4. The fourth-order valence-corrected chi connectivity index (χ4v) is 5.84. The summed E-state index contributed by atoms with van der Waals surface area (Å²) in [7, 11) is 0. The van der Waals surface area contributed by atoms with Crippen LogP contribution < -0.4 is 10.2 Å². The Morgan fingerprint density at radius 1 is 0.956 bits per heavy atom. The van der Waals surface area contributed by atoms with Gasteiger partial charge in [0.05, 0.1) is 29.2 Å². The first kappa shape index (κ1) is 24.2. The van der Waals surface area contributed by atoms with E-state index in [2.05, 4.69) is 30.4 Å². The van der Waals surface area contributed by atoms with E-state index >= 15 is 0 Å². The molecule has 228 valence electrons. The summed E-state index contributed by atoms with van der Waals surface area (Å²) in [4.78, 5) is 40.7. The van der Waals surface area contributed by atoms with Crippen molar-refractivity contribution in [3.8, 4) is 22.6 Å². The summed E-state index contributed by atoms with van der Waals surface area (Å²) in [5.41, 5.74) is 2.87. The quantitative estimate of drug-likeness (QED) is 0.280. The van der Waals surface area contributed by atoms with Crippen molar-refractivity contribution in [1.29, 1.82) is 0 Å². The van der Waals surface area contributed by atoms with Crippen molar-refractivity contribution in [2.75, 3.05) is 56.0 Å². The number of nitrogens with zero attached hydrogens (tertiary/aromatic N) is 6. The van der Waals surface area contributed by atoms with Gasteiger partial charge in [0, 0.05) is 73.0 Å². The number of aromatic nitrogens is 4. The molecule has 0 bridgehead atoms. The number of hydrogen-bond donors (Lipinski definition) is 2. The lowest BCUT2D eigenvalue weighted by Crippen LogP contribution is -2.51. The molecule has 2 saturated heterocycles. The Bertz CT molecular complexity index is 2010. The van der Waals surface area contributed by atoms with Gasteiger partial charge in [0.2, 0.25) is 11.8 Å². The van der Waals surface area contributed by atoms with Crippen LogP contribution in [0.25, 0.3) is 33.5 Å². The van der Waals surface area contributed by atoms with Crippen molar-refractivity contribution in [3.63, 3.8) is 0 Å². The number of halogens is 1. The first-order valence-electron chi connectivity index (χ1n) is 16.8. The van der Waals surface area contributed by atoms with Gasteiger partial charge in [-0.2, -0.15) is 5.10 Å². The highest BCUT2D eigenvalue weighted by molar-refractivity contribution is 5.99. The van der Waals surface area contributed by atoms with Crippen molar-refractivity contribution in [2.45, 2.75) is 6.42 Å². The molecule has 2 amide bonds. The largest absolute Gasteiger partial charge is 0.368 e. The molecule has 0 unspecified atom stereocenters. The van der Waals surface area contributed by atoms with Gasteiger partial charge in [-0.3, -0.25) is 19.6 Å². The fourth-order valence-electron chi connectivity index (χ4n) is 5.84. The second-order valence-electron chi connectivity index (χ2n) is 11.2. The summed E-state index contributed by atoms with van der Waals surface area (Å²) < 4.78 is 47.0. The zero-order valence-electron chi connectivity index (χ0n) is 28.4. The smallest absolute Gasteiger partial charge is 0.236 e. The molecular formula is C34H33FN8O2. The van der Waals surface area contributed by atoms with Gasteiger partial charge >= 0.3 is 0 Å².